The molecule has 2 aliphatic heterocycles. The van der Waals surface area contributed by atoms with Gasteiger partial charge < -0.3 is 39.0 Å². The lowest BCUT2D eigenvalue weighted by molar-refractivity contribution is -0.167. The van der Waals surface area contributed by atoms with Crippen LogP contribution in [0.5, 0.6) is 0 Å². The zero-order valence-electron chi connectivity index (χ0n) is 19.3. The van der Waals surface area contributed by atoms with Crippen molar-refractivity contribution >= 4 is 0 Å². The van der Waals surface area contributed by atoms with E-state index in [1.54, 1.807) is 7.11 Å². The first-order valence-electron chi connectivity index (χ1n) is 11.7. The van der Waals surface area contributed by atoms with Crippen LogP contribution < -0.4 is 0 Å². The molecule has 2 aromatic rings. The second-order valence-corrected chi connectivity index (χ2v) is 8.76. The molecular weight excluding hydrogens is 440 g/mol. The SMILES string of the molecule is CO[C@H]1O[C@H](CC[C@H]2O[C@H](CO)[C@@H](O)[C@@H]2O)[C@@H](OCc2ccccc2)[C@@H]1OCc1ccccc1. The van der Waals surface area contributed by atoms with E-state index in [4.69, 9.17) is 23.7 Å². The monoisotopic (exact) mass is 474 g/mol. The summed E-state index contributed by atoms with van der Waals surface area (Å²) in [4.78, 5) is 0. The van der Waals surface area contributed by atoms with E-state index in [9.17, 15) is 15.3 Å². The molecule has 0 spiro atoms. The van der Waals surface area contributed by atoms with Crippen LogP contribution >= 0.6 is 0 Å². The van der Waals surface area contributed by atoms with Crippen molar-refractivity contribution in [1.82, 2.24) is 0 Å². The van der Waals surface area contributed by atoms with E-state index in [1.807, 2.05) is 60.7 Å². The molecule has 0 aliphatic carbocycles. The van der Waals surface area contributed by atoms with Gasteiger partial charge in [0.25, 0.3) is 0 Å². The molecule has 186 valence electrons. The smallest absolute Gasteiger partial charge is 0.186 e. The van der Waals surface area contributed by atoms with Crippen molar-refractivity contribution in [2.45, 2.75) is 75.1 Å². The van der Waals surface area contributed by atoms with Crippen LogP contribution in [0.1, 0.15) is 24.0 Å². The maximum atomic E-state index is 10.3. The van der Waals surface area contributed by atoms with Crippen molar-refractivity contribution in [1.29, 1.82) is 0 Å². The summed E-state index contributed by atoms with van der Waals surface area (Å²) in [6, 6.07) is 19.8. The average Bonchev–Trinajstić information content (AvgIpc) is 3.36. The Balaban J connectivity index is 1.44. The zero-order valence-corrected chi connectivity index (χ0v) is 19.3. The summed E-state index contributed by atoms with van der Waals surface area (Å²) in [6.45, 7) is 0.431. The van der Waals surface area contributed by atoms with Gasteiger partial charge >= 0.3 is 0 Å². The fourth-order valence-electron chi connectivity index (χ4n) is 4.57. The number of aliphatic hydroxyl groups excluding tert-OH is 3. The van der Waals surface area contributed by atoms with Crippen molar-refractivity contribution in [3.8, 4) is 0 Å². The van der Waals surface area contributed by atoms with Crippen LogP contribution in [0.4, 0.5) is 0 Å². The summed E-state index contributed by atoms with van der Waals surface area (Å²) < 4.78 is 29.9. The summed E-state index contributed by atoms with van der Waals surface area (Å²) in [7, 11) is 1.58. The maximum absolute atomic E-state index is 10.3. The van der Waals surface area contributed by atoms with Crippen molar-refractivity contribution in [3.05, 3.63) is 71.8 Å². The zero-order chi connectivity index (χ0) is 23.9. The summed E-state index contributed by atoms with van der Waals surface area (Å²) in [5, 5.41) is 29.7. The Morgan fingerprint density at radius 1 is 0.706 bits per heavy atom. The Kier molecular flexibility index (Phi) is 9.04. The molecule has 2 fully saturated rings. The topological polar surface area (TPSA) is 107 Å². The molecule has 8 heteroatoms. The van der Waals surface area contributed by atoms with Crippen LogP contribution in [-0.2, 0) is 36.9 Å². The number of hydrogen-bond donors (Lipinski definition) is 3. The maximum Gasteiger partial charge on any atom is 0.186 e. The normalized spacial score (nSPS) is 33.4. The second kappa shape index (κ2) is 12.2. The number of ether oxygens (including phenoxy) is 5. The van der Waals surface area contributed by atoms with Crippen molar-refractivity contribution < 1.29 is 39.0 Å². The number of benzene rings is 2. The third-order valence-electron chi connectivity index (χ3n) is 6.45. The fourth-order valence-corrected chi connectivity index (χ4v) is 4.57. The largest absolute Gasteiger partial charge is 0.394 e. The van der Waals surface area contributed by atoms with Crippen LogP contribution in [0.15, 0.2) is 60.7 Å². The number of methoxy groups -OCH3 is 1. The molecular formula is C26H34O8. The highest BCUT2D eigenvalue weighted by Gasteiger charge is 2.48. The molecule has 34 heavy (non-hydrogen) atoms. The van der Waals surface area contributed by atoms with E-state index in [1.165, 1.54) is 0 Å². The van der Waals surface area contributed by atoms with Crippen LogP contribution in [0.25, 0.3) is 0 Å². The minimum atomic E-state index is -1.11. The Morgan fingerprint density at radius 3 is 1.76 bits per heavy atom. The predicted molar refractivity (Wildman–Crippen MR) is 123 cm³/mol. The van der Waals surface area contributed by atoms with Gasteiger partial charge in [-0.2, -0.15) is 0 Å². The molecule has 0 amide bonds. The van der Waals surface area contributed by atoms with Crippen LogP contribution in [0.3, 0.4) is 0 Å². The van der Waals surface area contributed by atoms with E-state index in [0.717, 1.165) is 11.1 Å². The highest BCUT2D eigenvalue weighted by molar-refractivity contribution is 5.14. The highest BCUT2D eigenvalue weighted by atomic mass is 16.7. The van der Waals surface area contributed by atoms with E-state index >= 15 is 0 Å². The van der Waals surface area contributed by atoms with Gasteiger partial charge in [-0.05, 0) is 24.0 Å². The van der Waals surface area contributed by atoms with Gasteiger partial charge in [-0.1, -0.05) is 60.7 Å². The third-order valence-corrected chi connectivity index (χ3v) is 6.45. The summed E-state index contributed by atoms with van der Waals surface area (Å²) in [6.07, 6.45) is -4.49. The lowest BCUT2D eigenvalue weighted by atomic mass is 9.99. The Morgan fingerprint density at radius 2 is 1.24 bits per heavy atom. The quantitative estimate of drug-likeness (QED) is 0.453. The molecule has 2 aromatic carbocycles. The molecule has 0 bridgehead atoms. The average molecular weight is 475 g/mol. The number of aliphatic hydroxyl groups is 3. The third kappa shape index (κ3) is 6.02. The van der Waals surface area contributed by atoms with Gasteiger partial charge in [0.1, 0.15) is 30.5 Å². The lowest BCUT2D eigenvalue weighted by Gasteiger charge is -2.25. The molecule has 4 rings (SSSR count). The van der Waals surface area contributed by atoms with Gasteiger partial charge in [0.05, 0.1) is 32.0 Å². The first kappa shape index (κ1) is 25.2. The minimum absolute atomic E-state index is 0.349. The van der Waals surface area contributed by atoms with E-state index in [-0.39, 0.29) is 12.7 Å². The van der Waals surface area contributed by atoms with Crippen molar-refractivity contribution in [2.24, 2.45) is 0 Å². The van der Waals surface area contributed by atoms with E-state index in [0.29, 0.717) is 26.1 Å². The number of hydrogen-bond acceptors (Lipinski definition) is 8. The summed E-state index contributed by atoms with van der Waals surface area (Å²) in [5.74, 6) is 0. The van der Waals surface area contributed by atoms with Crippen molar-refractivity contribution in [2.75, 3.05) is 13.7 Å². The Labute approximate surface area is 200 Å². The molecule has 0 radical (unpaired) electrons. The van der Waals surface area contributed by atoms with Crippen LogP contribution in [-0.4, -0.2) is 78.1 Å². The van der Waals surface area contributed by atoms with Gasteiger partial charge in [0.2, 0.25) is 0 Å². The van der Waals surface area contributed by atoms with Gasteiger partial charge in [-0.15, -0.1) is 0 Å². The first-order valence-corrected chi connectivity index (χ1v) is 11.7. The minimum Gasteiger partial charge on any atom is -0.394 e. The van der Waals surface area contributed by atoms with Gasteiger partial charge in [0.15, 0.2) is 6.29 Å². The predicted octanol–water partition coefficient (Wildman–Crippen LogP) is 1.79. The fraction of sp³-hybridized carbons (Fsp3) is 0.538. The van der Waals surface area contributed by atoms with Gasteiger partial charge in [-0.25, -0.2) is 0 Å². The second-order valence-electron chi connectivity index (χ2n) is 8.76. The number of rotatable bonds is 11. The van der Waals surface area contributed by atoms with Gasteiger partial charge in [0, 0.05) is 7.11 Å². The molecule has 2 aliphatic rings. The van der Waals surface area contributed by atoms with E-state index < -0.39 is 42.9 Å². The van der Waals surface area contributed by atoms with Gasteiger partial charge in [-0.3, -0.25) is 0 Å². The lowest BCUT2D eigenvalue weighted by Crippen LogP contribution is -2.38. The standard InChI is InChI=1S/C26H34O8/c1-30-26-25(32-16-18-10-6-3-7-11-18)24(31-15-17-8-4-2-5-9-17)20(34-26)13-12-19-22(28)23(29)21(14-27)33-19/h2-11,19-29H,12-16H2,1H3/t19-,20-,21-,22-,23-,24-,25+,26+/m1/s1. The molecule has 0 aromatic heterocycles. The Hall–Kier alpha value is -1.88. The van der Waals surface area contributed by atoms with Crippen molar-refractivity contribution in [3.63, 3.8) is 0 Å². The van der Waals surface area contributed by atoms with Crippen LogP contribution in [0.2, 0.25) is 0 Å². The molecule has 2 heterocycles. The molecule has 0 unspecified atom stereocenters. The molecule has 8 nitrogen and oxygen atoms in total. The molecule has 3 N–H and O–H groups in total. The molecule has 2 saturated heterocycles. The van der Waals surface area contributed by atoms with Crippen LogP contribution in [0, 0.1) is 0 Å². The molecule has 0 saturated carbocycles. The summed E-state index contributed by atoms with van der Waals surface area (Å²) in [5.41, 5.74) is 2.07. The van der Waals surface area contributed by atoms with E-state index in [2.05, 4.69) is 0 Å². The molecule has 8 atom stereocenters. The summed E-state index contributed by atoms with van der Waals surface area (Å²) >= 11 is 0. The highest BCUT2D eigenvalue weighted by Crippen LogP contribution is 2.33. The first-order chi connectivity index (χ1) is 16.6. The Bertz CT molecular complexity index is 850.